The number of carbonyl (C=O) groups excluding carboxylic acids is 2. The number of benzene rings is 3. The summed E-state index contributed by atoms with van der Waals surface area (Å²) in [5.41, 5.74) is 0.880. The Labute approximate surface area is 257 Å². The van der Waals surface area contributed by atoms with E-state index < -0.39 is 34.1 Å². The van der Waals surface area contributed by atoms with Gasteiger partial charge in [0, 0.05) is 27.7 Å². The summed E-state index contributed by atoms with van der Waals surface area (Å²) in [7, 11) is -4.24. The molecule has 0 saturated carbocycles. The minimum absolute atomic E-state index is 0.00552. The summed E-state index contributed by atoms with van der Waals surface area (Å²) >= 11 is 19.4. The van der Waals surface area contributed by atoms with Crippen LogP contribution >= 0.6 is 34.8 Å². The predicted molar refractivity (Wildman–Crippen MR) is 166 cm³/mol. The molecule has 0 unspecified atom stereocenters. The van der Waals surface area contributed by atoms with Crippen LogP contribution in [-0.2, 0) is 26.2 Å². The number of carbonyl (C=O) groups is 2. The maximum atomic E-state index is 14.2. The van der Waals surface area contributed by atoms with Crippen molar-refractivity contribution in [3.8, 4) is 0 Å². The molecule has 220 valence electrons. The normalized spacial score (nSPS) is 12.5. The molecule has 11 heteroatoms. The van der Waals surface area contributed by atoms with E-state index in [1.807, 2.05) is 27.7 Å². The lowest BCUT2D eigenvalue weighted by atomic mass is 10.1. The van der Waals surface area contributed by atoms with E-state index in [9.17, 15) is 18.0 Å². The van der Waals surface area contributed by atoms with E-state index in [-0.39, 0.29) is 34.5 Å². The zero-order chi connectivity index (χ0) is 30.5. The van der Waals surface area contributed by atoms with Gasteiger partial charge in [-0.15, -0.1) is 0 Å². The molecule has 1 atom stereocenters. The molecule has 2 amide bonds. The average Bonchev–Trinajstić information content (AvgIpc) is 2.88. The van der Waals surface area contributed by atoms with Crippen LogP contribution in [0.5, 0.6) is 0 Å². The van der Waals surface area contributed by atoms with Crippen molar-refractivity contribution in [1.29, 1.82) is 0 Å². The zero-order valence-electron chi connectivity index (χ0n) is 23.6. The van der Waals surface area contributed by atoms with Crippen molar-refractivity contribution in [3.63, 3.8) is 0 Å². The SMILES string of the molecule is CC[C@H](C(=O)NC(C)(C)C)N(Cc1c(Cl)cccc1Cl)C(=O)CN(c1ccccc1Cl)S(=O)(=O)c1ccc(C)cc1. The van der Waals surface area contributed by atoms with Crippen LogP contribution in [0.15, 0.2) is 71.6 Å². The number of nitrogens with one attached hydrogen (secondary N) is 1. The number of hydrogen-bond acceptors (Lipinski definition) is 4. The molecule has 1 N–H and O–H groups in total. The highest BCUT2D eigenvalue weighted by Crippen LogP contribution is 2.32. The number of para-hydroxylation sites is 1. The van der Waals surface area contributed by atoms with Crippen LogP contribution in [-0.4, -0.2) is 43.3 Å². The van der Waals surface area contributed by atoms with Crippen LogP contribution in [0.25, 0.3) is 0 Å². The lowest BCUT2D eigenvalue weighted by Gasteiger charge is -2.35. The van der Waals surface area contributed by atoms with Gasteiger partial charge >= 0.3 is 0 Å². The number of anilines is 1. The van der Waals surface area contributed by atoms with Gasteiger partial charge in [0.25, 0.3) is 10.0 Å². The number of sulfonamides is 1. The molecule has 3 rings (SSSR count). The number of halogens is 3. The van der Waals surface area contributed by atoms with Crippen LogP contribution < -0.4 is 9.62 Å². The molecule has 0 spiro atoms. The Morgan fingerprint density at radius 3 is 1.98 bits per heavy atom. The highest BCUT2D eigenvalue weighted by Gasteiger charge is 2.35. The van der Waals surface area contributed by atoms with Gasteiger partial charge in [-0.3, -0.25) is 13.9 Å². The maximum absolute atomic E-state index is 14.2. The zero-order valence-corrected chi connectivity index (χ0v) is 26.7. The summed E-state index contributed by atoms with van der Waals surface area (Å²) < 4.78 is 28.9. The van der Waals surface area contributed by atoms with Crippen LogP contribution in [0.3, 0.4) is 0 Å². The van der Waals surface area contributed by atoms with Crippen LogP contribution in [0, 0.1) is 6.92 Å². The van der Waals surface area contributed by atoms with E-state index in [1.54, 1.807) is 55.5 Å². The number of hydrogen-bond donors (Lipinski definition) is 1. The first-order valence-electron chi connectivity index (χ1n) is 13.0. The highest BCUT2D eigenvalue weighted by atomic mass is 35.5. The first kappa shape index (κ1) is 32.7. The summed E-state index contributed by atoms with van der Waals surface area (Å²) in [6.45, 7) is 8.38. The minimum Gasteiger partial charge on any atom is -0.350 e. The maximum Gasteiger partial charge on any atom is 0.264 e. The van der Waals surface area contributed by atoms with Crippen molar-refractivity contribution in [2.75, 3.05) is 10.8 Å². The molecule has 0 radical (unpaired) electrons. The molecule has 41 heavy (non-hydrogen) atoms. The van der Waals surface area contributed by atoms with Crippen LogP contribution in [0.2, 0.25) is 15.1 Å². The Morgan fingerprint density at radius 2 is 1.44 bits per heavy atom. The van der Waals surface area contributed by atoms with Gasteiger partial charge in [0.05, 0.1) is 15.6 Å². The van der Waals surface area contributed by atoms with Gasteiger partial charge in [0.2, 0.25) is 11.8 Å². The fourth-order valence-electron chi connectivity index (χ4n) is 4.23. The van der Waals surface area contributed by atoms with E-state index >= 15 is 0 Å². The van der Waals surface area contributed by atoms with Gasteiger partial charge in [0.15, 0.2) is 0 Å². The van der Waals surface area contributed by atoms with Crippen molar-refractivity contribution >= 4 is 62.3 Å². The third-order valence-electron chi connectivity index (χ3n) is 6.28. The Morgan fingerprint density at radius 1 is 0.878 bits per heavy atom. The first-order valence-corrected chi connectivity index (χ1v) is 15.6. The molecule has 0 fully saturated rings. The van der Waals surface area contributed by atoms with Crippen molar-refractivity contribution in [3.05, 3.63) is 92.9 Å². The van der Waals surface area contributed by atoms with E-state index in [2.05, 4.69) is 5.32 Å². The van der Waals surface area contributed by atoms with Gasteiger partial charge in [-0.25, -0.2) is 8.42 Å². The third-order valence-corrected chi connectivity index (χ3v) is 9.09. The van der Waals surface area contributed by atoms with E-state index in [0.717, 1.165) is 9.87 Å². The third kappa shape index (κ3) is 8.16. The summed E-state index contributed by atoms with van der Waals surface area (Å²) in [6, 6.07) is 16.7. The van der Waals surface area contributed by atoms with Crippen LogP contribution in [0.4, 0.5) is 5.69 Å². The summed E-state index contributed by atoms with van der Waals surface area (Å²) in [5.74, 6) is -1.02. The largest absolute Gasteiger partial charge is 0.350 e. The van der Waals surface area contributed by atoms with Crippen LogP contribution in [0.1, 0.15) is 45.2 Å². The molecule has 7 nitrogen and oxygen atoms in total. The Balaban J connectivity index is 2.13. The fourth-order valence-corrected chi connectivity index (χ4v) is 6.47. The summed E-state index contributed by atoms with van der Waals surface area (Å²) in [6.07, 6.45) is 0.256. The molecule has 3 aromatic carbocycles. The quantitative estimate of drug-likeness (QED) is 0.263. The molecule has 0 aromatic heterocycles. The Kier molecular flexibility index (Phi) is 10.7. The monoisotopic (exact) mass is 637 g/mol. The highest BCUT2D eigenvalue weighted by molar-refractivity contribution is 7.92. The molecular formula is C30H34Cl3N3O4S. The number of rotatable bonds is 10. The van der Waals surface area contributed by atoms with Gasteiger partial charge in [0.1, 0.15) is 12.6 Å². The molecule has 0 bridgehead atoms. The number of nitrogens with zero attached hydrogens (tertiary/aromatic N) is 2. The molecular weight excluding hydrogens is 605 g/mol. The second-order valence-electron chi connectivity index (χ2n) is 10.7. The minimum atomic E-state index is -4.24. The Hall–Kier alpha value is -2.78. The lowest BCUT2D eigenvalue weighted by Crippen LogP contribution is -2.55. The van der Waals surface area contributed by atoms with Gasteiger partial charge in [-0.1, -0.05) is 77.6 Å². The summed E-state index contributed by atoms with van der Waals surface area (Å²) in [5, 5.41) is 3.70. The van der Waals surface area contributed by atoms with E-state index in [1.165, 1.54) is 23.1 Å². The smallest absolute Gasteiger partial charge is 0.264 e. The second kappa shape index (κ2) is 13.5. The van der Waals surface area contributed by atoms with Crippen molar-refractivity contribution in [1.82, 2.24) is 10.2 Å². The molecule has 3 aromatic rings. The average molecular weight is 639 g/mol. The van der Waals surface area contributed by atoms with Gasteiger partial charge in [-0.2, -0.15) is 0 Å². The van der Waals surface area contributed by atoms with Gasteiger partial charge < -0.3 is 10.2 Å². The van der Waals surface area contributed by atoms with E-state index in [4.69, 9.17) is 34.8 Å². The first-order chi connectivity index (χ1) is 19.2. The van der Waals surface area contributed by atoms with Crippen molar-refractivity contribution < 1.29 is 18.0 Å². The fraction of sp³-hybridized carbons (Fsp3) is 0.333. The molecule has 0 aliphatic heterocycles. The Bertz CT molecular complexity index is 1490. The van der Waals surface area contributed by atoms with Gasteiger partial charge in [-0.05, 0) is 70.5 Å². The van der Waals surface area contributed by atoms with Crippen molar-refractivity contribution in [2.24, 2.45) is 0 Å². The summed E-state index contributed by atoms with van der Waals surface area (Å²) in [4.78, 5) is 28.9. The standard InChI is InChI=1S/C30H34Cl3N3O4S/c1-6-26(29(38)34-30(3,4)5)35(18-22-23(31)11-9-12-24(22)32)28(37)19-36(27-13-8-7-10-25(27)33)41(39,40)21-16-14-20(2)15-17-21/h7-17,26H,6,18-19H2,1-5H3,(H,34,38)/t26-/m1/s1. The topological polar surface area (TPSA) is 86.8 Å². The number of amides is 2. The predicted octanol–water partition coefficient (Wildman–Crippen LogP) is 6.87. The van der Waals surface area contributed by atoms with Crippen molar-refractivity contribution in [2.45, 2.75) is 64.1 Å². The number of aryl methyl sites for hydroxylation is 1. The second-order valence-corrected chi connectivity index (χ2v) is 13.7. The molecule has 0 saturated heterocycles. The molecule has 0 heterocycles. The lowest BCUT2D eigenvalue weighted by molar-refractivity contribution is -0.141. The molecule has 0 aliphatic rings. The van der Waals surface area contributed by atoms with E-state index in [0.29, 0.717) is 15.6 Å². The molecule has 0 aliphatic carbocycles.